The van der Waals surface area contributed by atoms with Crippen molar-refractivity contribution in [2.45, 2.75) is 24.8 Å². The number of benzene rings is 1. The van der Waals surface area contributed by atoms with Gasteiger partial charge in [-0.25, -0.2) is 8.78 Å². The van der Waals surface area contributed by atoms with Gasteiger partial charge in [-0.2, -0.15) is 0 Å². The second-order valence-electron chi connectivity index (χ2n) is 3.85. The molecule has 1 aromatic carbocycles. The molecule has 3 heteroatoms. The Kier molecular flexibility index (Phi) is 1.67. The van der Waals surface area contributed by atoms with E-state index in [2.05, 4.69) is 0 Å². The van der Waals surface area contributed by atoms with Crippen LogP contribution in [0.5, 0.6) is 0 Å². The Hall–Kier alpha value is -0.960. The number of halogens is 2. The molecule has 0 heterocycles. The van der Waals surface area contributed by atoms with Crippen molar-refractivity contribution < 1.29 is 8.78 Å². The highest BCUT2D eigenvalue weighted by Crippen LogP contribution is 2.47. The smallest absolute Gasteiger partial charge is 0.127 e. The molecule has 0 radical (unpaired) electrons. The number of hydrogen-bond donors (Lipinski definition) is 1. The first-order valence-electron chi connectivity index (χ1n) is 4.25. The number of rotatable bonds is 1. The van der Waals surface area contributed by atoms with Gasteiger partial charge >= 0.3 is 0 Å². The average Bonchev–Trinajstić information content (AvgIpc) is 2.66. The lowest BCUT2D eigenvalue weighted by Crippen LogP contribution is -2.16. The summed E-state index contributed by atoms with van der Waals surface area (Å²) in [5.41, 5.74) is 5.71. The zero-order chi connectivity index (χ0) is 9.64. The summed E-state index contributed by atoms with van der Waals surface area (Å²) in [6, 6.07) is 3.47. The molecule has 1 saturated carbocycles. The minimum absolute atomic E-state index is 0.0381. The molecule has 1 aromatic rings. The van der Waals surface area contributed by atoms with Gasteiger partial charge in [-0.05, 0) is 30.2 Å². The number of hydrogen-bond acceptors (Lipinski definition) is 1. The predicted octanol–water partition coefficient (Wildman–Crippen LogP) is 1.95. The Balaban J connectivity index is 2.46. The molecule has 1 aliphatic carbocycles. The van der Waals surface area contributed by atoms with Gasteiger partial charge in [0.05, 0.1) is 0 Å². The van der Waals surface area contributed by atoms with Crippen LogP contribution >= 0.6 is 0 Å². The van der Waals surface area contributed by atoms with E-state index in [9.17, 15) is 8.78 Å². The maximum absolute atomic E-state index is 13.3. The molecule has 0 saturated heterocycles. The largest absolute Gasteiger partial charge is 0.327 e. The van der Waals surface area contributed by atoms with E-state index in [1.54, 1.807) is 0 Å². The second kappa shape index (κ2) is 2.51. The van der Waals surface area contributed by atoms with Gasteiger partial charge in [0.25, 0.3) is 0 Å². The van der Waals surface area contributed by atoms with Crippen LogP contribution in [0.25, 0.3) is 0 Å². The fourth-order valence-electron chi connectivity index (χ4n) is 1.64. The SMILES string of the molecule is CC1(c2cc(F)ccc2F)CC1N. The summed E-state index contributed by atoms with van der Waals surface area (Å²) in [6.07, 6.45) is 0.730. The second-order valence-corrected chi connectivity index (χ2v) is 3.85. The van der Waals surface area contributed by atoms with Gasteiger partial charge in [0, 0.05) is 11.5 Å². The third-order valence-electron chi connectivity index (χ3n) is 2.85. The Morgan fingerprint density at radius 3 is 2.62 bits per heavy atom. The molecule has 1 aliphatic rings. The molecule has 70 valence electrons. The topological polar surface area (TPSA) is 26.0 Å². The maximum atomic E-state index is 13.3. The Morgan fingerprint density at radius 1 is 1.46 bits per heavy atom. The van der Waals surface area contributed by atoms with E-state index in [0.717, 1.165) is 18.6 Å². The monoisotopic (exact) mass is 183 g/mol. The van der Waals surface area contributed by atoms with Crippen LogP contribution in [0, 0.1) is 11.6 Å². The van der Waals surface area contributed by atoms with E-state index >= 15 is 0 Å². The zero-order valence-corrected chi connectivity index (χ0v) is 7.35. The summed E-state index contributed by atoms with van der Waals surface area (Å²) in [7, 11) is 0. The molecule has 0 bridgehead atoms. The quantitative estimate of drug-likeness (QED) is 0.707. The van der Waals surface area contributed by atoms with Crippen LogP contribution in [-0.2, 0) is 5.41 Å². The third kappa shape index (κ3) is 1.23. The molecule has 0 aliphatic heterocycles. The molecule has 1 nitrogen and oxygen atoms in total. The molecule has 1 fully saturated rings. The van der Waals surface area contributed by atoms with Crippen molar-refractivity contribution in [3.8, 4) is 0 Å². The minimum atomic E-state index is -0.406. The van der Waals surface area contributed by atoms with Gasteiger partial charge in [-0.1, -0.05) is 6.92 Å². The lowest BCUT2D eigenvalue weighted by molar-refractivity contribution is 0.560. The molecule has 2 N–H and O–H groups in total. The molecular formula is C10H11F2N. The van der Waals surface area contributed by atoms with Gasteiger partial charge in [0.15, 0.2) is 0 Å². The molecule has 2 unspecified atom stereocenters. The van der Waals surface area contributed by atoms with Gasteiger partial charge in [-0.15, -0.1) is 0 Å². The zero-order valence-electron chi connectivity index (χ0n) is 7.35. The first kappa shape index (κ1) is 8.63. The van der Waals surface area contributed by atoms with E-state index in [0.29, 0.717) is 5.56 Å². The van der Waals surface area contributed by atoms with Crippen LogP contribution in [0.4, 0.5) is 8.78 Å². The molecule has 0 aromatic heterocycles. The highest BCUT2D eigenvalue weighted by Gasteiger charge is 2.50. The van der Waals surface area contributed by atoms with Crippen LogP contribution in [0.1, 0.15) is 18.9 Å². The summed E-state index contributed by atoms with van der Waals surface area (Å²) >= 11 is 0. The highest BCUT2D eigenvalue weighted by molar-refractivity contribution is 5.36. The molecule has 0 amide bonds. The van der Waals surface area contributed by atoms with Crippen molar-refractivity contribution in [3.63, 3.8) is 0 Å². The van der Waals surface area contributed by atoms with Gasteiger partial charge < -0.3 is 5.73 Å². The van der Waals surface area contributed by atoms with Gasteiger partial charge in [0.1, 0.15) is 11.6 Å². The molecule has 13 heavy (non-hydrogen) atoms. The Labute approximate surface area is 75.6 Å². The van der Waals surface area contributed by atoms with E-state index in [1.165, 1.54) is 6.07 Å². The van der Waals surface area contributed by atoms with Crippen LogP contribution < -0.4 is 5.73 Å². The lowest BCUT2D eigenvalue weighted by atomic mass is 9.97. The van der Waals surface area contributed by atoms with Crippen molar-refractivity contribution >= 4 is 0 Å². The van der Waals surface area contributed by atoms with Crippen molar-refractivity contribution in [1.82, 2.24) is 0 Å². The fourth-order valence-corrected chi connectivity index (χ4v) is 1.64. The van der Waals surface area contributed by atoms with Gasteiger partial charge in [0.2, 0.25) is 0 Å². The van der Waals surface area contributed by atoms with E-state index in [4.69, 9.17) is 5.73 Å². The maximum Gasteiger partial charge on any atom is 0.127 e. The highest BCUT2D eigenvalue weighted by atomic mass is 19.1. The minimum Gasteiger partial charge on any atom is -0.327 e. The van der Waals surface area contributed by atoms with Crippen molar-refractivity contribution in [1.29, 1.82) is 0 Å². The van der Waals surface area contributed by atoms with E-state index in [1.807, 2.05) is 6.92 Å². The third-order valence-corrected chi connectivity index (χ3v) is 2.85. The summed E-state index contributed by atoms with van der Waals surface area (Å²) < 4.78 is 26.1. The normalized spacial score (nSPS) is 31.8. The fraction of sp³-hybridized carbons (Fsp3) is 0.400. The molecular weight excluding hydrogens is 172 g/mol. The first-order chi connectivity index (χ1) is 6.04. The molecule has 2 atom stereocenters. The molecule has 0 spiro atoms. The summed E-state index contributed by atoms with van der Waals surface area (Å²) in [6.45, 7) is 1.86. The Morgan fingerprint density at radius 2 is 2.08 bits per heavy atom. The van der Waals surface area contributed by atoms with Crippen molar-refractivity contribution in [2.24, 2.45) is 5.73 Å². The van der Waals surface area contributed by atoms with Gasteiger partial charge in [-0.3, -0.25) is 0 Å². The Bertz CT molecular complexity index is 351. The van der Waals surface area contributed by atoms with Crippen LogP contribution in [0.2, 0.25) is 0 Å². The van der Waals surface area contributed by atoms with Crippen LogP contribution in [0.15, 0.2) is 18.2 Å². The average molecular weight is 183 g/mol. The standard InChI is InChI=1S/C10H11F2N/c1-10(5-9(10)13)7-4-6(11)2-3-8(7)12/h2-4,9H,5,13H2,1H3. The van der Waals surface area contributed by atoms with E-state index < -0.39 is 5.82 Å². The van der Waals surface area contributed by atoms with Crippen molar-refractivity contribution in [2.75, 3.05) is 0 Å². The number of nitrogens with two attached hydrogens (primary N) is 1. The van der Waals surface area contributed by atoms with Crippen LogP contribution in [0.3, 0.4) is 0 Å². The van der Waals surface area contributed by atoms with E-state index in [-0.39, 0.29) is 17.3 Å². The summed E-state index contributed by atoms with van der Waals surface area (Å²) in [5.74, 6) is -0.770. The lowest BCUT2D eigenvalue weighted by Gasteiger charge is -2.10. The van der Waals surface area contributed by atoms with Crippen LogP contribution in [-0.4, -0.2) is 6.04 Å². The molecule has 2 rings (SSSR count). The van der Waals surface area contributed by atoms with Crippen molar-refractivity contribution in [3.05, 3.63) is 35.4 Å². The first-order valence-corrected chi connectivity index (χ1v) is 4.25. The predicted molar refractivity (Wildman–Crippen MR) is 46.3 cm³/mol. The summed E-state index contributed by atoms with van der Waals surface area (Å²) in [4.78, 5) is 0. The summed E-state index contributed by atoms with van der Waals surface area (Å²) in [5, 5.41) is 0.